The van der Waals surface area contributed by atoms with Crippen LogP contribution < -0.4 is 4.74 Å². The average molecular weight is 588 g/mol. The van der Waals surface area contributed by atoms with Crippen molar-refractivity contribution in [1.29, 1.82) is 0 Å². The van der Waals surface area contributed by atoms with Crippen LogP contribution in [0.4, 0.5) is 5.69 Å². The first-order chi connectivity index (χ1) is 19.8. The quantitative estimate of drug-likeness (QED) is 0.231. The number of furan rings is 1. The van der Waals surface area contributed by atoms with Crippen LogP contribution >= 0.6 is 23.1 Å². The number of hydrogen-bond donors (Lipinski definition) is 1. The predicted octanol–water partition coefficient (Wildman–Crippen LogP) is 7.14. The third kappa shape index (κ3) is 5.13. The highest BCUT2D eigenvalue weighted by Crippen LogP contribution is 2.40. The maximum absolute atomic E-state index is 13.7. The van der Waals surface area contributed by atoms with Crippen molar-refractivity contribution in [2.45, 2.75) is 46.1 Å². The van der Waals surface area contributed by atoms with Gasteiger partial charge in [-0.3, -0.25) is 9.69 Å². The minimum atomic E-state index is -0.888. The van der Waals surface area contributed by atoms with Crippen LogP contribution in [0.5, 0.6) is 5.75 Å². The Morgan fingerprint density at radius 2 is 1.95 bits per heavy atom. The Hall–Kier alpha value is -4.02. The molecule has 4 heterocycles. The molecule has 0 saturated carbocycles. The van der Waals surface area contributed by atoms with E-state index >= 15 is 0 Å². The van der Waals surface area contributed by atoms with Gasteiger partial charge in [0, 0.05) is 16.3 Å². The number of hydrogen-bond acceptors (Lipinski definition) is 7. The van der Waals surface area contributed by atoms with Gasteiger partial charge in [-0.1, -0.05) is 0 Å². The van der Waals surface area contributed by atoms with Crippen LogP contribution in [0.1, 0.15) is 56.4 Å². The van der Waals surface area contributed by atoms with Crippen molar-refractivity contribution in [2.75, 3.05) is 7.11 Å². The van der Waals surface area contributed by atoms with E-state index in [0.717, 1.165) is 58.9 Å². The van der Waals surface area contributed by atoms with E-state index in [1.165, 1.54) is 16.6 Å². The number of benzene rings is 1. The van der Waals surface area contributed by atoms with Gasteiger partial charge in [-0.2, -0.15) is 0 Å². The minimum Gasteiger partial charge on any atom is -0.497 e. The molecule has 3 aromatic heterocycles. The van der Waals surface area contributed by atoms with Gasteiger partial charge in [-0.05, 0) is 111 Å². The Bertz CT molecular complexity index is 1690. The summed E-state index contributed by atoms with van der Waals surface area (Å²) in [4.78, 5) is 34.2. The second kappa shape index (κ2) is 11.1. The number of aryl methyl sites for hydroxylation is 2. The second-order valence-corrected chi connectivity index (χ2v) is 12.1. The van der Waals surface area contributed by atoms with Crippen LogP contribution in [-0.4, -0.2) is 38.7 Å². The molecule has 0 spiro atoms. The molecule has 1 amide bonds. The van der Waals surface area contributed by atoms with Crippen LogP contribution in [0.3, 0.4) is 0 Å². The number of thiophene rings is 1. The summed E-state index contributed by atoms with van der Waals surface area (Å²) in [5, 5.41) is 11.4. The van der Waals surface area contributed by atoms with Crippen LogP contribution in [0, 0.1) is 13.8 Å². The molecule has 1 N–H and O–H groups in total. The molecular weight excluding hydrogens is 558 g/mol. The van der Waals surface area contributed by atoms with Crippen molar-refractivity contribution in [3.8, 4) is 10.8 Å². The zero-order valence-electron chi connectivity index (χ0n) is 23.0. The average Bonchev–Trinajstić information content (AvgIpc) is 3.73. The van der Waals surface area contributed by atoms with E-state index in [1.807, 2.05) is 60.9 Å². The number of rotatable bonds is 7. The number of amides is 1. The lowest BCUT2D eigenvalue weighted by Crippen LogP contribution is -2.28. The monoisotopic (exact) mass is 587 g/mol. The number of carboxylic acid groups (broad SMARTS) is 1. The number of nitrogens with zero attached hydrogens (tertiary/aromatic N) is 3. The maximum atomic E-state index is 13.7. The Morgan fingerprint density at radius 1 is 1.17 bits per heavy atom. The Balaban J connectivity index is 1.38. The first kappa shape index (κ1) is 27.2. The molecule has 0 atom stereocenters. The summed E-state index contributed by atoms with van der Waals surface area (Å²) in [5.41, 5.74) is 4.77. The number of aromatic nitrogens is 1. The molecule has 10 heteroatoms. The lowest BCUT2D eigenvalue weighted by atomic mass is 9.95. The predicted molar refractivity (Wildman–Crippen MR) is 162 cm³/mol. The molecule has 0 bridgehead atoms. The van der Waals surface area contributed by atoms with E-state index in [9.17, 15) is 14.7 Å². The molecule has 1 fully saturated rings. The van der Waals surface area contributed by atoms with Gasteiger partial charge < -0.3 is 18.8 Å². The fourth-order valence-electron chi connectivity index (χ4n) is 5.37. The van der Waals surface area contributed by atoms with E-state index in [-0.39, 0.29) is 12.5 Å². The number of carbonyl (C=O) groups is 2. The van der Waals surface area contributed by atoms with Crippen LogP contribution in [-0.2, 0) is 24.2 Å². The highest BCUT2D eigenvalue weighted by molar-refractivity contribution is 8.18. The molecule has 1 aliphatic heterocycles. The Labute approximate surface area is 246 Å². The van der Waals surface area contributed by atoms with Crippen molar-refractivity contribution in [3.63, 3.8) is 0 Å². The van der Waals surface area contributed by atoms with E-state index in [0.29, 0.717) is 27.1 Å². The third-order valence-corrected chi connectivity index (χ3v) is 9.69. The number of carboxylic acids is 1. The van der Waals surface area contributed by atoms with Crippen LogP contribution in [0.25, 0.3) is 11.1 Å². The van der Waals surface area contributed by atoms with E-state index in [2.05, 4.69) is 0 Å². The fraction of sp³-hybridized carbons (Fsp3) is 0.258. The number of ether oxygens (including phenoxy) is 1. The summed E-state index contributed by atoms with van der Waals surface area (Å²) in [7, 11) is 1.61. The SMILES string of the molecule is COc1ccc(N=C2S/C(=C\c3cc(C)n(-c4sc5c(c4C(=O)O)CCCC5)c3C)C(=O)N2Cc2ccco2)cc1. The van der Waals surface area contributed by atoms with Gasteiger partial charge in [0.15, 0.2) is 5.17 Å². The smallest absolute Gasteiger partial charge is 0.339 e. The third-order valence-electron chi connectivity index (χ3n) is 7.41. The van der Waals surface area contributed by atoms with E-state index in [4.69, 9.17) is 14.1 Å². The number of aromatic carboxylic acids is 1. The first-order valence-electron chi connectivity index (χ1n) is 13.4. The minimum absolute atomic E-state index is 0.165. The van der Waals surface area contributed by atoms with Gasteiger partial charge in [0.25, 0.3) is 5.91 Å². The van der Waals surface area contributed by atoms with Gasteiger partial charge in [0.2, 0.25) is 0 Å². The van der Waals surface area contributed by atoms with Crippen molar-refractivity contribution < 1.29 is 23.8 Å². The highest BCUT2D eigenvalue weighted by Gasteiger charge is 2.35. The number of aliphatic imine (C=N–C) groups is 1. The maximum Gasteiger partial charge on any atom is 0.339 e. The van der Waals surface area contributed by atoms with Crippen molar-refractivity contribution in [1.82, 2.24) is 9.47 Å². The Morgan fingerprint density at radius 3 is 2.66 bits per heavy atom. The van der Waals surface area contributed by atoms with Crippen molar-refractivity contribution >= 4 is 51.9 Å². The topological polar surface area (TPSA) is 97.3 Å². The normalized spacial score (nSPS) is 17.0. The first-order valence-corrected chi connectivity index (χ1v) is 15.0. The van der Waals surface area contributed by atoms with Gasteiger partial charge in [0.1, 0.15) is 16.5 Å². The lowest BCUT2D eigenvalue weighted by molar-refractivity contribution is -0.122. The molecular formula is C31H29N3O5S2. The molecule has 1 aromatic carbocycles. The number of thioether (sulfide) groups is 1. The summed E-state index contributed by atoms with van der Waals surface area (Å²) in [5.74, 6) is 0.330. The summed E-state index contributed by atoms with van der Waals surface area (Å²) >= 11 is 2.89. The van der Waals surface area contributed by atoms with E-state index in [1.54, 1.807) is 35.7 Å². The number of amidine groups is 1. The molecule has 210 valence electrons. The fourth-order valence-corrected chi connectivity index (χ4v) is 7.85. The molecule has 0 unspecified atom stereocenters. The van der Waals surface area contributed by atoms with Gasteiger partial charge in [-0.25, -0.2) is 9.79 Å². The highest BCUT2D eigenvalue weighted by atomic mass is 32.2. The van der Waals surface area contributed by atoms with Crippen LogP contribution in [0.15, 0.2) is 63.0 Å². The number of carbonyl (C=O) groups excluding carboxylic acids is 1. The van der Waals surface area contributed by atoms with Gasteiger partial charge >= 0.3 is 5.97 Å². The lowest BCUT2D eigenvalue weighted by Gasteiger charge is -2.13. The van der Waals surface area contributed by atoms with E-state index < -0.39 is 5.97 Å². The molecule has 2 aliphatic rings. The van der Waals surface area contributed by atoms with Crippen LogP contribution in [0.2, 0.25) is 0 Å². The summed E-state index contributed by atoms with van der Waals surface area (Å²) in [6.45, 7) is 4.20. The molecule has 1 saturated heterocycles. The number of methoxy groups -OCH3 is 1. The Kier molecular flexibility index (Phi) is 7.35. The molecule has 0 radical (unpaired) electrons. The molecule has 6 rings (SSSR count). The molecule has 1 aliphatic carbocycles. The standard InChI is InChI=1S/C31H29N3O5S2/c1-18-15-20(19(2)34(18)29-27(30(36)37)24-8-4-5-9-25(24)40-29)16-26-28(35)33(17-23-7-6-14-39-23)31(41-26)32-21-10-12-22(38-3)13-11-21/h6-7,10-16H,4-5,8-9,17H2,1-3H3,(H,36,37)/b26-16-,32-31?. The zero-order valence-corrected chi connectivity index (χ0v) is 24.6. The van der Waals surface area contributed by atoms with Gasteiger partial charge in [0.05, 0.1) is 36.1 Å². The largest absolute Gasteiger partial charge is 0.497 e. The summed E-state index contributed by atoms with van der Waals surface area (Å²) < 4.78 is 12.8. The van der Waals surface area contributed by atoms with Crippen molar-refractivity contribution in [2.24, 2.45) is 4.99 Å². The number of fused-ring (bicyclic) bond motifs is 1. The molecule has 8 nitrogen and oxygen atoms in total. The molecule has 4 aromatic rings. The molecule has 41 heavy (non-hydrogen) atoms. The summed E-state index contributed by atoms with van der Waals surface area (Å²) in [6.07, 6.45) is 7.29. The second-order valence-electron chi connectivity index (χ2n) is 10.0. The zero-order chi connectivity index (χ0) is 28.7. The van der Waals surface area contributed by atoms with Gasteiger partial charge in [-0.15, -0.1) is 11.3 Å². The summed E-state index contributed by atoms with van der Waals surface area (Å²) in [6, 6.07) is 13.0. The van der Waals surface area contributed by atoms with Crippen molar-refractivity contribution in [3.05, 3.63) is 92.3 Å².